The second kappa shape index (κ2) is 10.6. The number of nitrogens with one attached hydrogen (secondary N) is 2. The van der Waals surface area contributed by atoms with E-state index in [4.69, 9.17) is 0 Å². The number of aromatic amines is 1. The summed E-state index contributed by atoms with van der Waals surface area (Å²) in [6.45, 7) is 0.608. The van der Waals surface area contributed by atoms with E-state index in [9.17, 15) is 22.8 Å². The topological polar surface area (TPSA) is 105 Å². The van der Waals surface area contributed by atoms with Crippen molar-refractivity contribution in [1.29, 1.82) is 0 Å². The van der Waals surface area contributed by atoms with E-state index >= 15 is 0 Å². The van der Waals surface area contributed by atoms with Crippen LogP contribution < -0.4 is 10.1 Å². The van der Waals surface area contributed by atoms with Crippen molar-refractivity contribution in [3.8, 4) is 5.75 Å². The number of fused-ring (bicyclic) bond motifs is 1. The van der Waals surface area contributed by atoms with E-state index in [0.29, 0.717) is 35.6 Å². The molecule has 1 aliphatic rings. The van der Waals surface area contributed by atoms with Gasteiger partial charge in [0.2, 0.25) is 5.91 Å². The van der Waals surface area contributed by atoms with Crippen LogP contribution in [0.3, 0.4) is 0 Å². The first-order valence-corrected chi connectivity index (χ1v) is 12.2. The Kier molecular flexibility index (Phi) is 7.03. The predicted molar refractivity (Wildman–Crippen MR) is 131 cm³/mol. The number of rotatable bonds is 7. The molecule has 1 aromatic carbocycles. The second-order valence-corrected chi connectivity index (χ2v) is 9.07. The van der Waals surface area contributed by atoms with E-state index < -0.39 is 6.36 Å². The lowest BCUT2D eigenvalue weighted by atomic mass is 9.98. The molecule has 0 aliphatic carbocycles. The van der Waals surface area contributed by atoms with Gasteiger partial charge >= 0.3 is 6.36 Å². The van der Waals surface area contributed by atoms with Crippen LogP contribution in [0.15, 0.2) is 61.1 Å². The first-order valence-electron chi connectivity index (χ1n) is 12.2. The van der Waals surface area contributed by atoms with Gasteiger partial charge in [-0.2, -0.15) is 5.10 Å². The number of pyridine rings is 1. The zero-order chi connectivity index (χ0) is 26.7. The highest BCUT2D eigenvalue weighted by molar-refractivity contribution is 5.95. The van der Waals surface area contributed by atoms with Gasteiger partial charge in [-0.05, 0) is 55.5 Å². The van der Waals surface area contributed by atoms with E-state index in [2.05, 4.69) is 25.2 Å². The van der Waals surface area contributed by atoms with E-state index in [1.807, 2.05) is 21.7 Å². The number of aryl methyl sites for hydroxylation is 1. The summed E-state index contributed by atoms with van der Waals surface area (Å²) in [4.78, 5) is 31.9. The Morgan fingerprint density at radius 1 is 1.11 bits per heavy atom. The van der Waals surface area contributed by atoms with Crippen molar-refractivity contribution in [3.05, 3.63) is 77.9 Å². The average molecular weight is 527 g/mol. The lowest BCUT2D eigenvalue weighted by molar-refractivity contribution is -0.274. The maximum atomic E-state index is 13.4. The van der Waals surface area contributed by atoms with Crippen molar-refractivity contribution in [2.24, 2.45) is 0 Å². The number of likely N-dealkylation sites (tertiary alicyclic amines) is 1. The first kappa shape index (κ1) is 25.3. The van der Waals surface area contributed by atoms with Crippen molar-refractivity contribution in [2.45, 2.75) is 44.5 Å². The molecule has 2 amide bonds. The van der Waals surface area contributed by atoms with Crippen LogP contribution in [0.2, 0.25) is 0 Å². The minimum atomic E-state index is -4.75. The number of hydrogen-bond donors (Lipinski definition) is 2. The molecule has 4 aromatic rings. The molecule has 9 nitrogen and oxygen atoms in total. The first-order chi connectivity index (χ1) is 18.2. The van der Waals surface area contributed by atoms with Crippen LogP contribution in [-0.2, 0) is 11.2 Å². The van der Waals surface area contributed by atoms with Gasteiger partial charge in [0, 0.05) is 43.2 Å². The van der Waals surface area contributed by atoms with Gasteiger partial charge in [-0.25, -0.2) is 4.98 Å². The zero-order valence-electron chi connectivity index (χ0n) is 20.2. The summed E-state index contributed by atoms with van der Waals surface area (Å²) in [5.74, 6) is -0.349. The smallest absolute Gasteiger partial charge is 0.406 e. The molecule has 5 rings (SSSR count). The van der Waals surface area contributed by atoms with Crippen LogP contribution in [0.25, 0.3) is 5.65 Å². The Morgan fingerprint density at radius 3 is 2.71 bits per heavy atom. The average Bonchev–Trinajstić information content (AvgIpc) is 3.56. The minimum absolute atomic E-state index is 0.0907. The van der Waals surface area contributed by atoms with Gasteiger partial charge in [0.05, 0.1) is 11.7 Å². The molecule has 4 heterocycles. The quantitative estimate of drug-likeness (QED) is 0.357. The van der Waals surface area contributed by atoms with Crippen molar-refractivity contribution >= 4 is 23.3 Å². The summed E-state index contributed by atoms with van der Waals surface area (Å²) >= 11 is 0. The predicted octanol–water partition coefficient (Wildman–Crippen LogP) is 4.89. The molecule has 1 aliphatic heterocycles. The fourth-order valence-corrected chi connectivity index (χ4v) is 4.60. The highest BCUT2D eigenvalue weighted by Gasteiger charge is 2.31. The summed E-state index contributed by atoms with van der Waals surface area (Å²) in [6.07, 6.45) is 3.63. The van der Waals surface area contributed by atoms with Crippen LogP contribution >= 0.6 is 0 Å². The lowest BCUT2D eigenvalue weighted by Gasteiger charge is -2.35. The van der Waals surface area contributed by atoms with E-state index in [1.165, 1.54) is 24.3 Å². The van der Waals surface area contributed by atoms with E-state index in [1.54, 1.807) is 24.4 Å². The molecule has 3 aromatic heterocycles. The second-order valence-electron chi connectivity index (χ2n) is 9.07. The molecule has 1 fully saturated rings. The maximum absolute atomic E-state index is 13.4. The number of alkyl halides is 3. The Bertz CT molecular complexity index is 1430. The normalized spacial score (nSPS) is 16.0. The van der Waals surface area contributed by atoms with Gasteiger partial charge in [-0.3, -0.25) is 14.7 Å². The Labute approximate surface area is 215 Å². The summed E-state index contributed by atoms with van der Waals surface area (Å²) in [5, 5.41) is 9.90. The number of imidazole rings is 1. The lowest BCUT2D eigenvalue weighted by Crippen LogP contribution is -2.38. The standard InChI is InChI=1S/C26H25F3N6O3/c27-26(28,29)38-19-7-4-17(5-8-19)6-9-24(36)31-22-16-20(32-33-22)21-3-1-2-12-35(21)25(37)18-10-13-34-14-11-30-23(34)15-18/h4-5,7-8,10-11,13-16,21H,1-3,6,9,12H2,(H2,31,32,33,36). The van der Waals surface area contributed by atoms with Crippen molar-refractivity contribution in [1.82, 2.24) is 24.5 Å². The summed E-state index contributed by atoms with van der Waals surface area (Å²) in [6, 6.07) is 10.5. The molecule has 1 atom stereocenters. The number of benzene rings is 1. The largest absolute Gasteiger partial charge is 0.573 e. The molecular formula is C26H25F3N6O3. The third-order valence-corrected chi connectivity index (χ3v) is 6.43. The highest BCUT2D eigenvalue weighted by atomic mass is 19.4. The molecule has 2 N–H and O–H groups in total. The molecule has 1 saturated heterocycles. The number of carbonyl (C=O) groups excluding carboxylic acids is 2. The van der Waals surface area contributed by atoms with Crippen molar-refractivity contribution in [2.75, 3.05) is 11.9 Å². The summed E-state index contributed by atoms with van der Waals surface area (Å²) in [7, 11) is 0. The number of anilines is 1. The Hall–Kier alpha value is -4.35. The molecule has 12 heteroatoms. The van der Waals surface area contributed by atoms with Gasteiger partial charge in [0.25, 0.3) is 5.91 Å². The van der Waals surface area contributed by atoms with Gasteiger partial charge in [-0.1, -0.05) is 12.1 Å². The van der Waals surface area contributed by atoms with Crippen LogP contribution in [-0.4, -0.2) is 49.2 Å². The molecule has 0 saturated carbocycles. The number of nitrogens with zero attached hydrogens (tertiary/aromatic N) is 4. The monoisotopic (exact) mass is 526 g/mol. The van der Waals surface area contributed by atoms with Crippen molar-refractivity contribution < 1.29 is 27.5 Å². The molecule has 1 unspecified atom stereocenters. The van der Waals surface area contributed by atoms with E-state index in [0.717, 1.165) is 25.0 Å². The van der Waals surface area contributed by atoms with Gasteiger partial charge < -0.3 is 19.4 Å². The molecule has 38 heavy (non-hydrogen) atoms. The fourth-order valence-electron chi connectivity index (χ4n) is 4.60. The number of piperidine rings is 1. The minimum Gasteiger partial charge on any atom is -0.406 e. The number of aromatic nitrogens is 4. The van der Waals surface area contributed by atoms with E-state index in [-0.39, 0.29) is 30.0 Å². The Balaban J connectivity index is 1.19. The molecule has 0 bridgehead atoms. The Morgan fingerprint density at radius 2 is 1.92 bits per heavy atom. The number of H-pyrrole nitrogens is 1. The SMILES string of the molecule is O=C(CCc1ccc(OC(F)(F)F)cc1)Nc1cc(C2CCCCN2C(=O)c2ccn3ccnc3c2)[nH]n1. The van der Waals surface area contributed by atoms with Crippen LogP contribution in [0, 0.1) is 0 Å². The van der Waals surface area contributed by atoms with Gasteiger partial charge in [-0.15, -0.1) is 13.2 Å². The van der Waals surface area contributed by atoms with Crippen molar-refractivity contribution in [3.63, 3.8) is 0 Å². The number of ether oxygens (including phenoxy) is 1. The fraction of sp³-hybridized carbons (Fsp3) is 0.308. The summed E-state index contributed by atoms with van der Waals surface area (Å²) < 4.78 is 42.6. The number of amides is 2. The highest BCUT2D eigenvalue weighted by Crippen LogP contribution is 2.32. The number of carbonyl (C=O) groups is 2. The van der Waals surface area contributed by atoms with Crippen LogP contribution in [0.4, 0.5) is 19.0 Å². The number of halogens is 3. The third-order valence-electron chi connectivity index (χ3n) is 6.43. The summed E-state index contributed by atoms with van der Waals surface area (Å²) in [5.41, 5.74) is 2.68. The molecule has 0 radical (unpaired) electrons. The van der Waals surface area contributed by atoms with Crippen LogP contribution in [0.5, 0.6) is 5.75 Å². The molecular weight excluding hydrogens is 501 g/mol. The molecule has 198 valence electrons. The van der Waals surface area contributed by atoms with Gasteiger partial charge in [0.15, 0.2) is 5.82 Å². The van der Waals surface area contributed by atoms with Gasteiger partial charge in [0.1, 0.15) is 11.4 Å². The maximum Gasteiger partial charge on any atom is 0.573 e. The number of hydrogen-bond acceptors (Lipinski definition) is 5. The third kappa shape index (κ3) is 5.96. The molecule has 0 spiro atoms. The van der Waals surface area contributed by atoms with Crippen LogP contribution in [0.1, 0.15) is 53.3 Å². The zero-order valence-corrected chi connectivity index (χ0v) is 20.2.